The van der Waals surface area contributed by atoms with Crippen LogP contribution in [-0.2, 0) is 6.42 Å². The summed E-state index contributed by atoms with van der Waals surface area (Å²) in [6, 6.07) is 8.11. The molecule has 0 fully saturated rings. The van der Waals surface area contributed by atoms with Gasteiger partial charge in [0.2, 0.25) is 0 Å². The van der Waals surface area contributed by atoms with Crippen molar-refractivity contribution in [2.24, 2.45) is 0 Å². The molecule has 0 saturated carbocycles. The molecule has 82 valence electrons. The van der Waals surface area contributed by atoms with E-state index in [1.807, 2.05) is 24.3 Å². The van der Waals surface area contributed by atoms with Gasteiger partial charge in [-0.15, -0.1) is 0 Å². The Balaban J connectivity index is 2.00. The number of halogens is 1. The van der Waals surface area contributed by atoms with Gasteiger partial charge < -0.3 is 10.3 Å². The predicted octanol–water partition coefficient (Wildman–Crippen LogP) is 2.30. The number of fused-ring (bicyclic) bond motifs is 1. The zero-order chi connectivity index (χ0) is 11.0. The molecule has 3 nitrogen and oxygen atoms in total. The van der Waals surface area contributed by atoms with Crippen LogP contribution in [0.15, 0.2) is 30.6 Å². The van der Waals surface area contributed by atoms with Crippen LogP contribution in [0.1, 0.15) is 23.0 Å². The Hall–Kier alpha value is -1.32. The van der Waals surface area contributed by atoms with E-state index in [1.54, 1.807) is 6.33 Å². The molecule has 2 heterocycles. The minimum atomic E-state index is 0.187. The number of hydrogen-bond acceptors (Lipinski definition) is 2. The maximum atomic E-state index is 5.89. The Bertz CT molecular complexity index is 489. The first-order valence-corrected chi connectivity index (χ1v) is 5.73. The van der Waals surface area contributed by atoms with Gasteiger partial charge in [-0.1, -0.05) is 23.7 Å². The van der Waals surface area contributed by atoms with Gasteiger partial charge in [0.05, 0.1) is 18.1 Å². The third kappa shape index (κ3) is 1.62. The highest BCUT2D eigenvalue weighted by Gasteiger charge is 2.23. The maximum absolute atomic E-state index is 5.89. The molecule has 4 heteroatoms. The topological polar surface area (TPSA) is 40.7 Å². The number of aromatic nitrogens is 2. The summed E-state index contributed by atoms with van der Waals surface area (Å²) in [5, 5.41) is 4.24. The molecule has 2 aromatic rings. The Kier molecular flexibility index (Phi) is 2.42. The number of benzene rings is 1. The van der Waals surface area contributed by atoms with Crippen LogP contribution in [0.2, 0.25) is 5.02 Å². The summed E-state index contributed by atoms with van der Waals surface area (Å²) in [6.45, 7) is 0.975. The van der Waals surface area contributed by atoms with Crippen LogP contribution in [0.3, 0.4) is 0 Å². The molecule has 1 aliphatic rings. The second kappa shape index (κ2) is 3.92. The van der Waals surface area contributed by atoms with Gasteiger partial charge in [-0.05, 0) is 17.7 Å². The van der Waals surface area contributed by atoms with E-state index < -0.39 is 0 Å². The van der Waals surface area contributed by atoms with Crippen molar-refractivity contribution in [3.63, 3.8) is 0 Å². The molecule has 0 unspecified atom stereocenters. The SMILES string of the molecule is Clc1ccc([C@@H]2NCCc3[nH]cnc32)cc1. The van der Waals surface area contributed by atoms with E-state index in [2.05, 4.69) is 15.3 Å². The van der Waals surface area contributed by atoms with Gasteiger partial charge in [0.15, 0.2) is 0 Å². The first-order chi connectivity index (χ1) is 7.84. The van der Waals surface area contributed by atoms with Crippen molar-refractivity contribution >= 4 is 11.6 Å². The molecule has 0 bridgehead atoms. The van der Waals surface area contributed by atoms with Gasteiger partial charge in [0, 0.05) is 23.7 Å². The van der Waals surface area contributed by atoms with Gasteiger partial charge in [-0.3, -0.25) is 0 Å². The van der Waals surface area contributed by atoms with E-state index in [1.165, 1.54) is 11.3 Å². The summed E-state index contributed by atoms with van der Waals surface area (Å²) in [5.74, 6) is 0. The van der Waals surface area contributed by atoms with Crippen molar-refractivity contribution in [1.82, 2.24) is 15.3 Å². The summed E-state index contributed by atoms with van der Waals surface area (Å²) >= 11 is 5.89. The number of rotatable bonds is 1. The number of hydrogen-bond donors (Lipinski definition) is 2. The summed E-state index contributed by atoms with van der Waals surface area (Å²) in [5.41, 5.74) is 3.55. The summed E-state index contributed by atoms with van der Waals surface area (Å²) in [7, 11) is 0. The van der Waals surface area contributed by atoms with E-state index in [0.29, 0.717) is 0 Å². The highest BCUT2D eigenvalue weighted by Crippen LogP contribution is 2.26. The smallest absolute Gasteiger partial charge is 0.0926 e. The second-order valence-electron chi connectivity index (χ2n) is 3.96. The van der Waals surface area contributed by atoms with E-state index in [9.17, 15) is 0 Å². The molecule has 0 spiro atoms. The normalized spacial score (nSPS) is 19.4. The van der Waals surface area contributed by atoms with Gasteiger partial charge >= 0.3 is 0 Å². The van der Waals surface area contributed by atoms with Crippen LogP contribution in [0, 0.1) is 0 Å². The van der Waals surface area contributed by atoms with E-state index in [4.69, 9.17) is 11.6 Å². The van der Waals surface area contributed by atoms with Crippen molar-refractivity contribution < 1.29 is 0 Å². The Morgan fingerprint density at radius 3 is 2.88 bits per heavy atom. The van der Waals surface area contributed by atoms with E-state index >= 15 is 0 Å². The van der Waals surface area contributed by atoms with Gasteiger partial charge in [0.1, 0.15) is 0 Å². The van der Waals surface area contributed by atoms with Crippen LogP contribution in [0.5, 0.6) is 0 Å². The zero-order valence-corrected chi connectivity index (χ0v) is 9.46. The third-order valence-electron chi connectivity index (χ3n) is 2.95. The van der Waals surface area contributed by atoms with Crippen molar-refractivity contribution in [1.29, 1.82) is 0 Å². The lowest BCUT2D eigenvalue weighted by Crippen LogP contribution is -2.30. The second-order valence-corrected chi connectivity index (χ2v) is 4.39. The van der Waals surface area contributed by atoms with Gasteiger partial charge in [-0.25, -0.2) is 4.98 Å². The molecule has 2 N–H and O–H groups in total. The van der Waals surface area contributed by atoms with Gasteiger partial charge in [-0.2, -0.15) is 0 Å². The molecule has 1 aromatic carbocycles. The number of H-pyrrole nitrogens is 1. The van der Waals surface area contributed by atoms with E-state index in [0.717, 1.165) is 23.7 Å². The molecule has 1 aromatic heterocycles. The molecular weight excluding hydrogens is 222 g/mol. The summed E-state index contributed by atoms with van der Waals surface area (Å²) < 4.78 is 0. The van der Waals surface area contributed by atoms with Crippen LogP contribution in [0.25, 0.3) is 0 Å². The molecule has 1 atom stereocenters. The monoisotopic (exact) mass is 233 g/mol. The van der Waals surface area contributed by atoms with E-state index in [-0.39, 0.29) is 6.04 Å². The van der Waals surface area contributed by atoms with Crippen molar-refractivity contribution in [3.05, 3.63) is 52.6 Å². The predicted molar refractivity (Wildman–Crippen MR) is 63.6 cm³/mol. The highest BCUT2D eigenvalue weighted by atomic mass is 35.5. The molecule has 0 aliphatic carbocycles. The lowest BCUT2D eigenvalue weighted by atomic mass is 9.98. The average Bonchev–Trinajstić information content (AvgIpc) is 2.78. The minimum Gasteiger partial charge on any atom is -0.348 e. The van der Waals surface area contributed by atoms with Crippen molar-refractivity contribution in [3.8, 4) is 0 Å². The highest BCUT2D eigenvalue weighted by molar-refractivity contribution is 6.30. The lowest BCUT2D eigenvalue weighted by Gasteiger charge is -2.23. The van der Waals surface area contributed by atoms with Crippen LogP contribution < -0.4 is 5.32 Å². The molecule has 0 radical (unpaired) electrons. The molecular formula is C12H12ClN3. The molecule has 0 amide bonds. The molecule has 16 heavy (non-hydrogen) atoms. The summed E-state index contributed by atoms with van der Waals surface area (Å²) in [6.07, 6.45) is 2.78. The summed E-state index contributed by atoms with van der Waals surface area (Å²) in [4.78, 5) is 7.58. The van der Waals surface area contributed by atoms with Crippen molar-refractivity contribution in [2.75, 3.05) is 6.54 Å². The fraction of sp³-hybridized carbons (Fsp3) is 0.250. The largest absolute Gasteiger partial charge is 0.348 e. The average molecular weight is 234 g/mol. The van der Waals surface area contributed by atoms with Gasteiger partial charge in [0.25, 0.3) is 0 Å². The standard InChI is InChI=1S/C12H12ClN3/c13-9-3-1-8(2-4-9)11-12-10(5-6-14-11)15-7-16-12/h1-4,7,11,14H,5-6H2,(H,15,16)/t11-/m0/s1. The Morgan fingerprint density at radius 2 is 2.06 bits per heavy atom. The van der Waals surface area contributed by atoms with Crippen molar-refractivity contribution in [2.45, 2.75) is 12.5 Å². The first-order valence-electron chi connectivity index (χ1n) is 5.35. The lowest BCUT2D eigenvalue weighted by molar-refractivity contribution is 0.553. The molecule has 1 aliphatic heterocycles. The number of nitrogens with zero attached hydrogens (tertiary/aromatic N) is 1. The Morgan fingerprint density at radius 1 is 1.25 bits per heavy atom. The van der Waals surface area contributed by atoms with Crippen LogP contribution in [0.4, 0.5) is 0 Å². The minimum absolute atomic E-state index is 0.187. The molecule has 3 rings (SSSR count). The fourth-order valence-corrected chi connectivity index (χ4v) is 2.28. The number of imidazole rings is 1. The Labute approximate surface area is 98.9 Å². The van der Waals surface area contributed by atoms with Crippen LogP contribution in [-0.4, -0.2) is 16.5 Å². The first kappa shape index (κ1) is 9.87. The fourth-order valence-electron chi connectivity index (χ4n) is 2.15. The number of aromatic amines is 1. The maximum Gasteiger partial charge on any atom is 0.0926 e. The van der Waals surface area contributed by atoms with Crippen LogP contribution >= 0.6 is 11.6 Å². The quantitative estimate of drug-likeness (QED) is 0.794. The zero-order valence-electron chi connectivity index (χ0n) is 8.70. The number of nitrogens with one attached hydrogen (secondary N) is 2. The third-order valence-corrected chi connectivity index (χ3v) is 3.20. The molecule has 0 saturated heterocycles.